The second kappa shape index (κ2) is 12.9. The normalized spacial score (nSPS) is 22.2. The zero-order chi connectivity index (χ0) is 30.6. The van der Waals surface area contributed by atoms with E-state index in [1.165, 1.54) is 0 Å². The lowest BCUT2D eigenvalue weighted by atomic mass is 9.82. The van der Waals surface area contributed by atoms with Crippen molar-refractivity contribution in [1.82, 2.24) is 0 Å². The average molecular weight is 599 g/mol. The van der Waals surface area contributed by atoms with E-state index in [9.17, 15) is 9.59 Å². The van der Waals surface area contributed by atoms with Gasteiger partial charge in [-0.25, -0.2) is 9.59 Å². The standard InChI is InChI=1S/C33H50O6Si2/c1-32(2,3)40(7,8)38-26-21-28(37-31(35)25-19-15-12-16-20-25)27(23-36-30(34)24-17-13-11-14-18-24)29(22-26)39-41(9,10)33(4,5)6/h11-20,26-29H,21-23H2,1-10H3/t26-,27+,28-,29+/m1/s1. The molecule has 1 fully saturated rings. The summed E-state index contributed by atoms with van der Waals surface area (Å²) in [5.74, 6) is -1.12. The van der Waals surface area contributed by atoms with Crippen molar-refractivity contribution in [3.63, 3.8) is 0 Å². The lowest BCUT2D eigenvalue weighted by Crippen LogP contribution is -2.55. The van der Waals surface area contributed by atoms with Gasteiger partial charge in [0.05, 0.1) is 29.3 Å². The minimum absolute atomic E-state index is 0.0261. The third-order valence-electron chi connectivity index (χ3n) is 9.15. The molecule has 3 rings (SSSR count). The minimum atomic E-state index is -2.24. The number of hydrogen-bond acceptors (Lipinski definition) is 6. The predicted octanol–water partition coefficient (Wildman–Crippen LogP) is 8.26. The fourth-order valence-electron chi connectivity index (χ4n) is 4.54. The number of rotatable bonds is 9. The second-order valence-electron chi connectivity index (χ2n) is 14.3. The van der Waals surface area contributed by atoms with Crippen molar-refractivity contribution in [2.24, 2.45) is 5.92 Å². The lowest BCUT2D eigenvalue weighted by Gasteiger charge is -2.48. The molecule has 0 unspecified atom stereocenters. The van der Waals surface area contributed by atoms with Crippen LogP contribution in [0.3, 0.4) is 0 Å². The smallest absolute Gasteiger partial charge is 0.338 e. The van der Waals surface area contributed by atoms with E-state index < -0.39 is 34.7 Å². The first-order valence-corrected chi connectivity index (χ1v) is 20.6. The quantitative estimate of drug-likeness (QED) is 0.214. The van der Waals surface area contributed by atoms with Gasteiger partial charge in [0.1, 0.15) is 12.7 Å². The molecular formula is C33H50O6Si2. The Morgan fingerprint density at radius 2 is 1.12 bits per heavy atom. The van der Waals surface area contributed by atoms with Gasteiger partial charge in [0.15, 0.2) is 16.6 Å². The molecule has 226 valence electrons. The van der Waals surface area contributed by atoms with Gasteiger partial charge < -0.3 is 18.3 Å². The van der Waals surface area contributed by atoms with Gasteiger partial charge in [0, 0.05) is 6.42 Å². The molecule has 6 nitrogen and oxygen atoms in total. The number of hydrogen-bond donors (Lipinski definition) is 0. The zero-order valence-corrected chi connectivity index (χ0v) is 28.7. The molecule has 0 N–H and O–H groups in total. The third kappa shape index (κ3) is 8.63. The molecule has 0 amide bonds. The van der Waals surface area contributed by atoms with E-state index in [0.717, 1.165) is 0 Å². The number of esters is 2. The predicted molar refractivity (Wildman–Crippen MR) is 169 cm³/mol. The van der Waals surface area contributed by atoms with Crippen molar-refractivity contribution in [1.29, 1.82) is 0 Å². The first-order chi connectivity index (χ1) is 18.9. The van der Waals surface area contributed by atoms with Gasteiger partial charge in [0.25, 0.3) is 0 Å². The summed E-state index contributed by atoms with van der Waals surface area (Å²) in [6.07, 6.45) is 0.212. The van der Waals surface area contributed by atoms with Crippen molar-refractivity contribution < 1.29 is 27.9 Å². The molecule has 1 aliphatic rings. The Bertz CT molecular complexity index is 1150. The molecule has 1 saturated carbocycles. The largest absolute Gasteiger partial charge is 0.462 e. The van der Waals surface area contributed by atoms with Crippen LogP contribution >= 0.6 is 0 Å². The molecule has 41 heavy (non-hydrogen) atoms. The van der Waals surface area contributed by atoms with E-state index in [4.69, 9.17) is 18.3 Å². The second-order valence-corrected chi connectivity index (χ2v) is 23.8. The average Bonchev–Trinajstić information content (AvgIpc) is 2.87. The maximum Gasteiger partial charge on any atom is 0.338 e. The number of carbonyl (C=O) groups is 2. The summed E-state index contributed by atoms with van der Waals surface area (Å²) < 4.78 is 26.1. The Morgan fingerprint density at radius 1 is 0.683 bits per heavy atom. The summed E-state index contributed by atoms with van der Waals surface area (Å²) in [6, 6.07) is 18.0. The summed E-state index contributed by atoms with van der Waals surface area (Å²) in [5.41, 5.74) is 0.976. The number of carbonyl (C=O) groups excluding carboxylic acids is 2. The molecular weight excluding hydrogens is 549 g/mol. The topological polar surface area (TPSA) is 71.1 Å². The molecule has 0 aliphatic heterocycles. The van der Waals surface area contributed by atoms with Crippen LogP contribution in [0.15, 0.2) is 60.7 Å². The Labute approximate surface area is 249 Å². The van der Waals surface area contributed by atoms with E-state index in [1.807, 2.05) is 36.4 Å². The highest BCUT2D eigenvalue weighted by atomic mass is 28.4. The summed E-state index contributed by atoms with van der Waals surface area (Å²) in [6.45, 7) is 22.3. The molecule has 8 heteroatoms. The van der Waals surface area contributed by atoms with Crippen molar-refractivity contribution in [2.45, 2.75) is 109 Å². The molecule has 0 radical (unpaired) electrons. The molecule has 2 aromatic rings. The number of benzene rings is 2. The van der Waals surface area contributed by atoms with Crippen molar-refractivity contribution in [3.05, 3.63) is 71.8 Å². The first kappa shape index (κ1) is 33.2. The van der Waals surface area contributed by atoms with Crippen LogP contribution in [0, 0.1) is 5.92 Å². The molecule has 4 atom stereocenters. The van der Waals surface area contributed by atoms with Crippen LogP contribution in [-0.2, 0) is 18.3 Å². The van der Waals surface area contributed by atoms with Gasteiger partial charge in [-0.05, 0) is 67.0 Å². The van der Waals surface area contributed by atoms with Gasteiger partial charge in [-0.15, -0.1) is 0 Å². The van der Waals surface area contributed by atoms with Crippen LogP contribution < -0.4 is 0 Å². The highest BCUT2D eigenvalue weighted by Crippen LogP contribution is 2.44. The van der Waals surface area contributed by atoms with Crippen LogP contribution in [0.5, 0.6) is 0 Å². The Hall–Kier alpha value is -2.27. The van der Waals surface area contributed by atoms with Gasteiger partial charge in [-0.3, -0.25) is 0 Å². The third-order valence-corrected chi connectivity index (χ3v) is 18.2. The van der Waals surface area contributed by atoms with Gasteiger partial charge in [-0.1, -0.05) is 77.9 Å². The molecule has 0 bridgehead atoms. The minimum Gasteiger partial charge on any atom is -0.462 e. The van der Waals surface area contributed by atoms with Crippen LogP contribution in [0.25, 0.3) is 0 Å². The van der Waals surface area contributed by atoms with Crippen molar-refractivity contribution >= 4 is 28.6 Å². The number of ether oxygens (including phenoxy) is 2. The zero-order valence-electron chi connectivity index (χ0n) is 26.7. The van der Waals surface area contributed by atoms with E-state index in [-0.39, 0.29) is 34.8 Å². The molecule has 0 heterocycles. The summed E-state index contributed by atoms with van der Waals surface area (Å²) in [4.78, 5) is 26.3. The van der Waals surface area contributed by atoms with Gasteiger partial charge in [0.2, 0.25) is 0 Å². The summed E-state index contributed by atoms with van der Waals surface area (Å²) in [7, 11) is -4.36. The van der Waals surface area contributed by atoms with Crippen LogP contribution in [0.2, 0.25) is 36.3 Å². The van der Waals surface area contributed by atoms with Crippen LogP contribution in [-0.4, -0.2) is 53.5 Å². The Morgan fingerprint density at radius 3 is 1.61 bits per heavy atom. The Kier molecular flexibility index (Phi) is 10.5. The van der Waals surface area contributed by atoms with E-state index in [1.54, 1.807) is 24.3 Å². The monoisotopic (exact) mass is 598 g/mol. The van der Waals surface area contributed by atoms with E-state index in [2.05, 4.69) is 67.7 Å². The molecule has 1 aliphatic carbocycles. The van der Waals surface area contributed by atoms with Crippen molar-refractivity contribution in [3.8, 4) is 0 Å². The first-order valence-electron chi connectivity index (χ1n) is 14.7. The lowest BCUT2D eigenvalue weighted by molar-refractivity contribution is -0.0893. The van der Waals surface area contributed by atoms with Gasteiger partial charge in [-0.2, -0.15) is 0 Å². The highest BCUT2D eigenvalue weighted by Gasteiger charge is 2.49. The van der Waals surface area contributed by atoms with Crippen molar-refractivity contribution in [2.75, 3.05) is 6.61 Å². The molecule has 0 spiro atoms. The summed E-state index contributed by atoms with van der Waals surface area (Å²) in [5, 5.41) is 0.00275. The SMILES string of the molecule is CC(C)(C)[Si](C)(C)O[C@H]1C[C@H](O[Si](C)(C)C(C)(C)C)[C@@H](COC(=O)c2ccccc2)[C@H](OC(=O)c2ccccc2)C1. The van der Waals surface area contributed by atoms with E-state index in [0.29, 0.717) is 24.0 Å². The maximum atomic E-state index is 13.3. The van der Waals surface area contributed by atoms with Crippen LogP contribution in [0.4, 0.5) is 0 Å². The van der Waals surface area contributed by atoms with E-state index >= 15 is 0 Å². The Balaban J connectivity index is 1.96. The van der Waals surface area contributed by atoms with Crippen LogP contribution in [0.1, 0.15) is 75.1 Å². The fraction of sp³-hybridized carbons (Fsp3) is 0.576. The molecule has 0 saturated heterocycles. The maximum absolute atomic E-state index is 13.3. The van der Waals surface area contributed by atoms with Gasteiger partial charge >= 0.3 is 11.9 Å². The fourth-order valence-corrected chi connectivity index (χ4v) is 7.30. The molecule has 0 aromatic heterocycles. The molecule has 2 aromatic carbocycles. The summed E-state index contributed by atoms with van der Waals surface area (Å²) >= 11 is 0. The highest BCUT2D eigenvalue weighted by molar-refractivity contribution is 6.74.